The van der Waals surface area contributed by atoms with Crippen molar-refractivity contribution in [2.75, 3.05) is 14.2 Å². The van der Waals surface area contributed by atoms with Gasteiger partial charge in [0.15, 0.2) is 11.6 Å². The van der Waals surface area contributed by atoms with Gasteiger partial charge in [0.1, 0.15) is 11.5 Å². The number of nitrogens with one attached hydrogen (secondary N) is 2. The Morgan fingerprint density at radius 2 is 1.02 bits per heavy atom. The fourth-order valence-corrected chi connectivity index (χ4v) is 4.74. The molecule has 0 aromatic carbocycles. The third-order valence-electron chi connectivity index (χ3n) is 6.94. The molecule has 0 unspecified atom stereocenters. The van der Waals surface area contributed by atoms with Crippen LogP contribution in [0.3, 0.4) is 0 Å². The number of ether oxygens (including phenoxy) is 2. The summed E-state index contributed by atoms with van der Waals surface area (Å²) >= 11 is 0. The van der Waals surface area contributed by atoms with Gasteiger partial charge in [-0.25, -0.2) is 0 Å². The van der Waals surface area contributed by atoms with Gasteiger partial charge in [-0.3, -0.25) is 9.59 Å². The van der Waals surface area contributed by atoms with Gasteiger partial charge in [-0.05, 0) is 48.0 Å². The van der Waals surface area contributed by atoms with E-state index in [2.05, 4.69) is 10.6 Å². The van der Waals surface area contributed by atoms with Crippen LogP contribution in [0.1, 0.15) is 67.2 Å². The van der Waals surface area contributed by atoms with Gasteiger partial charge in [0.2, 0.25) is 0 Å². The number of allylic oxidation sites excluding steroid dienone is 8. The normalized spacial score (nSPS) is 23.4. The molecule has 0 saturated heterocycles. The van der Waals surface area contributed by atoms with Crippen LogP contribution in [0.4, 0.5) is 17.3 Å². The average molecular weight is 633 g/mol. The summed E-state index contributed by atoms with van der Waals surface area (Å²) in [7, 11) is -2.76. The van der Waals surface area contributed by atoms with Crippen molar-refractivity contribution >= 4 is 18.8 Å². The van der Waals surface area contributed by atoms with Gasteiger partial charge < -0.3 is 37.4 Å². The summed E-state index contributed by atoms with van der Waals surface area (Å²) in [6.07, 6.45) is 15.1. The zero-order chi connectivity index (χ0) is 31.2. The first-order valence-electron chi connectivity index (χ1n) is 13.7. The SMILES string of the molecule is COC1=C/C(=C/N[C@@H]2CCCC[C@H]2N/C=C2/C=C(OC)C=C(C(C)(C)C)C2=O)C(=O)C(C(C)(C)C)=C1.F[B-](F)(F)F.[Cr]. The van der Waals surface area contributed by atoms with Crippen LogP contribution in [0, 0.1) is 10.8 Å². The summed E-state index contributed by atoms with van der Waals surface area (Å²) < 4.78 is 49.9. The molecular formula is C30H42BCrF4N2O4-. The van der Waals surface area contributed by atoms with Crippen molar-refractivity contribution in [1.29, 1.82) is 0 Å². The van der Waals surface area contributed by atoms with E-state index in [0.29, 0.717) is 22.7 Å². The molecule has 0 heterocycles. The molecule has 1 saturated carbocycles. The summed E-state index contributed by atoms with van der Waals surface area (Å²) in [4.78, 5) is 26.3. The van der Waals surface area contributed by atoms with E-state index in [0.717, 1.165) is 36.8 Å². The van der Waals surface area contributed by atoms with Crippen molar-refractivity contribution in [3.05, 3.63) is 70.5 Å². The smallest absolute Gasteiger partial charge is 0.497 e. The van der Waals surface area contributed by atoms with Crippen molar-refractivity contribution < 1.29 is 53.7 Å². The number of halogens is 4. The Labute approximate surface area is 257 Å². The summed E-state index contributed by atoms with van der Waals surface area (Å²) in [5.41, 5.74) is 2.09. The largest absolute Gasteiger partial charge is 0.673 e. The topological polar surface area (TPSA) is 76.7 Å². The van der Waals surface area contributed by atoms with E-state index in [-0.39, 0.29) is 51.8 Å². The average Bonchev–Trinajstić information content (AvgIpc) is 2.85. The minimum Gasteiger partial charge on any atom is -0.497 e. The summed E-state index contributed by atoms with van der Waals surface area (Å²) in [6, 6.07) is 0.253. The van der Waals surface area contributed by atoms with Crippen LogP contribution in [0.15, 0.2) is 70.5 Å². The van der Waals surface area contributed by atoms with Crippen LogP contribution in [0.25, 0.3) is 0 Å². The standard InChI is InChI=1S/C30H42N2O4.BF4.Cr/c1-29(2,3)23-15-21(35-7)13-19(27(23)33)17-31-25-11-9-10-12-26(25)32-18-20-14-22(36-8)16-24(28(20)34)30(4,5)6;2-1(3,4)5;/h13-18,25-26,31-32H,9-12H2,1-8H3;;/q;-1;/b19-17-,20-18-;;/t25-,26-;;/m1../s1. The molecule has 0 bridgehead atoms. The Kier molecular flexibility index (Phi) is 13.5. The van der Waals surface area contributed by atoms with Crippen LogP contribution in [-0.2, 0) is 36.4 Å². The van der Waals surface area contributed by atoms with E-state index >= 15 is 0 Å². The van der Waals surface area contributed by atoms with Gasteiger partial charge in [-0.1, -0.05) is 54.4 Å². The molecule has 0 aliphatic heterocycles. The third kappa shape index (κ3) is 11.2. The monoisotopic (exact) mass is 633 g/mol. The number of carbonyl (C=O) groups excluding carboxylic acids is 2. The number of methoxy groups -OCH3 is 2. The van der Waals surface area contributed by atoms with Crippen molar-refractivity contribution in [3.63, 3.8) is 0 Å². The predicted octanol–water partition coefficient (Wildman–Crippen LogP) is 6.71. The second-order valence-electron chi connectivity index (χ2n) is 12.3. The number of ketones is 2. The van der Waals surface area contributed by atoms with Crippen LogP contribution in [-0.4, -0.2) is 45.1 Å². The second-order valence-corrected chi connectivity index (χ2v) is 12.3. The first kappa shape index (κ1) is 37.3. The molecule has 0 radical (unpaired) electrons. The van der Waals surface area contributed by atoms with E-state index in [1.54, 1.807) is 26.4 Å². The Morgan fingerprint density at radius 1 is 0.714 bits per heavy atom. The van der Waals surface area contributed by atoms with Crippen LogP contribution in [0.5, 0.6) is 0 Å². The number of hydrogen-bond acceptors (Lipinski definition) is 6. The molecule has 2 atom stereocenters. The van der Waals surface area contributed by atoms with Gasteiger partial charge in [0, 0.05) is 64.1 Å². The molecule has 2 N–H and O–H groups in total. The molecule has 3 aliphatic rings. The van der Waals surface area contributed by atoms with Crippen molar-refractivity contribution in [1.82, 2.24) is 10.6 Å². The van der Waals surface area contributed by atoms with E-state index in [9.17, 15) is 26.9 Å². The van der Waals surface area contributed by atoms with E-state index in [4.69, 9.17) is 9.47 Å². The Balaban J connectivity index is 0.00000135. The Morgan fingerprint density at radius 3 is 1.29 bits per heavy atom. The van der Waals surface area contributed by atoms with Crippen LogP contribution in [0.2, 0.25) is 0 Å². The summed E-state index contributed by atoms with van der Waals surface area (Å²) in [5.74, 6) is 1.39. The molecule has 234 valence electrons. The molecule has 0 aromatic heterocycles. The summed E-state index contributed by atoms with van der Waals surface area (Å²) in [6.45, 7) is 12.2. The van der Waals surface area contributed by atoms with Gasteiger partial charge in [0.25, 0.3) is 0 Å². The minimum absolute atomic E-state index is 0. The van der Waals surface area contributed by atoms with Gasteiger partial charge >= 0.3 is 7.25 Å². The molecule has 42 heavy (non-hydrogen) atoms. The Bertz CT molecular complexity index is 1100. The van der Waals surface area contributed by atoms with E-state index in [1.807, 2.05) is 66.1 Å². The first-order chi connectivity index (χ1) is 18.8. The van der Waals surface area contributed by atoms with Crippen molar-refractivity contribution in [2.45, 2.75) is 79.3 Å². The molecule has 0 amide bonds. The van der Waals surface area contributed by atoms with Gasteiger partial charge in [-0.15, -0.1) is 0 Å². The number of hydrogen-bond donors (Lipinski definition) is 2. The first-order valence-corrected chi connectivity index (χ1v) is 13.7. The van der Waals surface area contributed by atoms with Crippen LogP contribution >= 0.6 is 0 Å². The molecule has 1 fully saturated rings. The molecule has 12 heteroatoms. The molecular weight excluding hydrogens is 591 g/mol. The molecule has 6 nitrogen and oxygen atoms in total. The fourth-order valence-electron chi connectivity index (χ4n) is 4.74. The maximum Gasteiger partial charge on any atom is 0.673 e. The second kappa shape index (κ2) is 15.2. The summed E-state index contributed by atoms with van der Waals surface area (Å²) in [5, 5.41) is 7.00. The maximum absolute atomic E-state index is 13.2. The van der Waals surface area contributed by atoms with Crippen molar-refractivity contribution in [3.8, 4) is 0 Å². The fraction of sp³-hybridized carbons (Fsp3) is 0.533. The minimum atomic E-state index is -6.00. The van der Waals surface area contributed by atoms with Gasteiger partial charge in [-0.2, -0.15) is 0 Å². The van der Waals surface area contributed by atoms with Gasteiger partial charge in [0.05, 0.1) is 14.2 Å². The number of carbonyl (C=O) groups is 2. The zero-order valence-electron chi connectivity index (χ0n) is 25.6. The molecule has 3 rings (SSSR count). The third-order valence-corrected chi connectivity index (χ3v) is 6.94. The molecule has 3 aliphatic carbocycles. The maximum atomic E-state index is 13.2. The van der Waals surface area contributed by atoms with E-state index in [1.165, 1.54) is 0 Å². The Hall–Kier alpha value is -2.70. The number of Topliss-reactive ketones (excluding diaryl/α,β-unsaturated/α-hetero) is 2. The van der Waals surface area contributed by atoms with E-state index < -0.39 is 7.25 Å². The van der Waals surface area contributed by atoms with Crippen molar-refractivity contribution in [2.24, 2.45) is 10.8 Å². The number of rotatable bonds is 6. The predicted molar refractivity (Wildman–Crippen MR) is 154 cm³/mol. The molecule has 0 aromatic rings. The van der Waals surface area contributed by atoms with Crippen LogP contribution < -0.4 is 10.6 Å². The molecule has 0 spiro atoms. The quantitative estimate of drug-likeness (QED) is 0.192. The zero-order valence-corrected chi connectivity index (χ0v) is 26.9.